The monoisotopic (exact) mass is 427 g/mol. The number of hydrogen-bond acceptors (Lipinski definition) is 5. The molecule has 0 saturated carbocycles. The van der Waals surface area contributed by atoms with Crippen LogP contribution in [0.2, 0.25) is 10.0 Å². The van der Waals surface area contributed by atoms with Crippen LogP contribution in [0, 0.1) is 0 Å². The summed E-state index contributed by atoms with van der Waals surface area (Å²) in [6.07, 6.45) is -0.512. The predicted molar refractivity (Wildman–Crippen MR) is 108 cm³/mol. The number of carbonyl (C=O) groups excluding carboxylic acids is 1. The van der Waals surface area contributed by atoms with Crippen LogP contribution in [0.15, 0.2) is 23.0 Å². The largest absolute Gasteiger partial charge is 0.486 e. The SMILES string of the molecule is CC(C)(C)NC(=O)OCc1[nH]c2cc(OCc3cscn3)c(Cl)cc2c1Cl. The second-order valence-electron chi connectivity index (χ2n) is 6.97. The van der Waals surface area contributed by atoms with E-state index in [2.05, 4.69) is 15.3 Å². The fourth-order valence-corrected chi connectivity index (χ4v) is 3.39. The van der Waals surface area contributed by atoms with Gasteiger partial charge in [0.15, 0.2) is 0 Å². The van der Waals surface area contributed by atoms with Gasteiger partial charge in [0.2, 0.25) is 0 Å². The Morgan fingerprint density at radius 1 is 1.30 bits per heavy atom. The summed E-state index contributed by atoms with van der Waals surface area (Å²) in [4.78, 5) is 19.2. The summed E-state index contributed by atoms with van der Waals surface area (Å²) in [6, 6.07) is 3.50. The highest BCUT2D eigenvalue weighted by Crippen LogP contribution is 2.36. The van der Waals surface area contributed by atoms with Crippen molar-refractivity contribution in [3.8, 4) is 5.75 Å². The summed E-state index contributed by atoms with van der Waals surface area (Å²) in [7, 11) is 0. The number of hydrogen-bond donors (Lipinski definition) is 2. The number of aromatic amines is 1. The van der Waals surface area contributed by atoms with Crippen LogP contribution in [0.1, 0.15) is 32.2 Å². The molecule has 0 bridgehead atoms. The van der Waals surface area contributed by atoms with Gasteiger partial charge in [-0.2, -0.15) is 0 Å². The number of carbonyl (C=O) groups is 1. The molecule has 9 heteroatoms. The number of nitrogens with one attached hydrogen (secondary N) is 2. The maximum absolute atomic E-state index is 11.8. The Morgan fingerprint density at radius 2 is 2.07 bits per heavy atom. The highest BCUT2D eigenvalue weighted by molar-refractivity contribution is 7.07. The van der Waals surface area contributed by atoms with Gasteiger partial charge in [0.25, 0.3) is 0 Å². The number of thiazole rings is 1. The van der Waals surface area contributed by atoms with Crippen LogP contribution in [0.25, 0.3) is 10.9 Å². The summed E-state index contributed by atoms with van der Waals surface area (Å²) in [5, 5.41) is 6.27. The van der Waals surface area contributed by atoms with Crippen molar-refractivity contribution in [3.05, 3.63) is 44.5 Å². The van der Waals surface area contributed by atoms with Crippen LogP contribution in [0.5, 0.6) is 5.75 Å². The van der Waals surface area contributed by atoms with Gasteiger partial charge in [0, 0.05) is 22.4 Å². The molecule has 2 aromatic heterocycles. The highest BCUT2D eigenvalue weighted by atomic mass is 35.5. The molecule has 0 fully saturated rings. The molecule has 27 heavy (non-hydrogen) atoms. The van der Waals surface area contributed by atoms with Crippen molar-refractivity contribution in [3.63, 3.8) is 0 Å². The summed E-state index contributed by atoms with van der Waals surface area (Å²) in [6.45, 7) is 5.96. The van der Waals surface area contributed by atoms with Gasteiger partial charge in [-0.1, -0.05) is 23.2 Å². The van der Waals surface area contributed by atoms with Crippen molar-refractivity contribution < 1.29 is 14.3 Å². The van der Waals surface area contributed by atoms with Crippen LogP contribution in [-0.4, -0.2) is 21.6 Å². The first-order chi connectivity index (χ1) is 12.7. The van der Waals surface area contributed by atoms with E-state index < -0.39 is 6.09 Å². The van der Waals surface area contributed by atoms with Gasteiger partial charge in [-0.3, -0.25) is 0 Å². The van der Waals surface area contributed by atoms with Crippen molar-refractivity contribution in [2.24, 2.45) is 0 Å². The molecule has 0 aliphatic rings. The average Bonchev–Trinajstić information content (AvgIpc) is 3.18. The Labute approximate surface area is 170 Å². The fourth-order valence-electron chi connectivity index (χ4n) is 2.37. The third-order valence-electron chi connectivity index (χ3n) is 3.54. The van der Waals surface area contributed by atoms with Crippen molar-refractivity contribution in [1.29, 1.82) is 0 Å². The molecule has 3 aromatic rings. The van der Waals surface area contributed by atoms with E-state index in [4.69, 9.17) is 32.7 Å². The summed E-state index contributed by atoms with van der Waals surface area (Å²) < 4.78 is 11.0. The molecule has 0 unspecified atom stereocenters. The zero-order valence-electron chi connectivity index (χ0n) is 15.1. The minimum atomic E-state index is -0.512. The van der Waals surface area contributed by atoms with E-state index in [1.54, 1.807) is 17.6 Å². The molecule has 0 aliphatic carbocycles. The number of fused-ring (bicyclic) bond motifs is 1. The van der Waals surface area contributed by atoms with Gasteiger partial charge in [0.05, 0.1) is 32.5 Å². The minimum absolute atomic E-state index is 0.0159. The number of rotatable bonds is 5. The van der Waals surface area contributed by atoms with Crippen LogP contribution >= 0.6 is 34.5 Å². The Kier molecular flexibility index (Phi) is 5.83. The van der Waals surface area contributed by atoms with Gasteiger partial charge in [-0.05, 0) is 26.8 Å². The Balaban J connectivity index is 1.74. The first-order valence-corrected chi connectivity index (χ1v) is 9.87. The Bertz CT molecular complexity index is 949. The van der Waals surface area contributed by atoms with Gasteiger partial charge < -0.3 is 19.8 Å². The molecule has 1 aromatic carbocycles. The molecular weight excluding hydrogens is 409 g/mol. The normalized spacial score (nSPS) is 11.6. The molecule has 0 atom stereocenters. The number of aromatic nitrogens is 2. The standard InChI is InChI=1S/C18H19Cl2N3O3S/c1-18(2,3)23-17(24)26-7-14-16(20)11-4-12(19)15(5-13(11)22-14)25-6-10-8-27-9-21-10/h4-5,8-9,22H,6-7H2,1-3H3,(H,23,24). The van der Waals surface area contributed by atoms with E-state index >= 15 is 0 Å². The molecule has 144 valence electrons. The summed E-state index contributed by atoms with van der Waals surface area (Å²) in [5.41, 5.74) is 3.53. The summed E-state index contributed by atoms with van der Waals surface area (Å²) in [5.74, 6) is 0.521. The zero-order valence-corrected chi connectivity index (χ0v) is 17.4. The van der Waals surface area contributed by atoms with Crippen molar-refractivity contribution in [2.75, 3.05) is 0 Å². The smallest absolute Gasteiger partial charge is 0.407 e. The van der Waals surface area contributed by atoms with E-state index in [-0.39, 0.29) is 12.1 Å². The second kappa shape index (κ2) is 7.96. The van der Waals surface area contributed by atoms with Gasteiger partial charge in [-0.15, -0.1) is 11.3 Å². The van der Waals surface area contributed by atoms with Crippen molar-refractivity contribution in [1.82, 2.24) is 15.3 Å². The van der Waals surface area contributed by atoms with Crippen LogP contribution in [0.3, 0.4) is 0 Å². The molecule has 0 saturated heterocycles. The molecule has 3 rings (SSSR count). The van der Waals surface area contributed by atoms with Crippen LogP contribution in [0.4, 0.5) is 4.79 Å². The lowest BCUT2D eigenvalue weighted by atomic mass is 10.1. The first kappa shape index (κ1) is 19.8. The lowest BCUT2D eigenvalue weighted by Gasteiger charge is -2.19. The molecule has 0 aliphatic heterocycles. The number of alkyl carbamates (subject to hydrolysis) is 1. The fraction of sp³-hybridized carbons (Fsp3) is 0.333. The number of nitrogens with zero attached hydrogens (tertiary/aromatic N) is 1. The minimum Gasteiger partial charge on any atom is -0.486 e. The topological polar surface area (TPSA) is 76.2 Å². The highest BCUT2D eigenvalue weighted by Gasteiger charge is 2.17. The summed E-state index contributed by atoms with van der Waals surface area (Å²) >= 11 is 14.2. The van der Waals surface area contributed by atoms with Crippen molar-refractivity contribution in [2.45, 2.75) is 39.5 Å². The quantitative estimate of drug-likeness (QED) is 0.560. The van der Waals surface area contributed by atoms with Gasteiger partial charge >= 0.3 is 6.09 Å². The lowest BCUT2D eigenvalue weighted by molar-refractivity contribution is 0.130. The maximum Gasteiger partial charge on any atom is 0.407 e. The molecule has 6 nitrogen and oxygen atoms in total. The Morgan fingerprint density at radius 3 is 2.74 bits per heavy atom. The third-order valence-corrected chi connectivity index (χ3v) is 4.91. The van der Waals surface area contributed by atoms with Gasteiger partial charge in [-0.25, -0.2) is 9.78 Å². The molecular formula is C18H19Cl2N3O3S. The predicted octanol–water partition coefficient (Wildman–Crippen LogP) is 5.53. The zero-order chi connectivity index (χ0) is 19.6. The van der Waals surface area contributed by atoms with Gasteiger partial charge in [0.1, 0.15) is 19.0 Å². The molecule has 0 radical (unpaired) electrons. The van der Waals surface area contributed by atoms with Crippen LogP contribution < -0.4 is 10.1 Å². The molecule has 1 amide bonds. The molecule has 2 N–H and O–H groups in total. The van der Waals surface area contributed by atoms with E-state index in [9.17, 15) is 4.79 Å². The second-order valence-corrected chi connectivity index (χ2v) is 8.47. The number of H-pyrrole nitrogens is 1. The lowest BCUT2D eigenvalue weighted by Crippen LogP contribution is -2.40. The number of benzene rings is 1. The van der Waals surface area contributed by atoms with Crippen LogP contribution in [-0.2, 0) is 18.0 Å². The Hall–Kier alpha value is -1.96. The molecule has 2 heterocycles. The van der Waals surface area contributed by atoms with Crippen molar-refractivity contribution >= 4 is 51.5 Å². The van der Waals surface area contributed by atoms with E-state index in [0.717, 1.165) is 16.6 Å². The molecule has 0 spiro atoms. The van der Waals surface area contributed by atoms with E-state index in [1.165, 1.54) is 11.3 Å². The first-order valence-electron chi connectivity index (χ1n) is 8.17. The third kappa shape index (κ3) is 5.06. The number of halogens is 2. The van der Waals surface area contributed by atoms with E-state index in [1.807, 2.05) is 26.2 Å². The number of ether oxygens (including phenoxy) is 2. The number of amides is 1. The van der Waals surface area contributed by atoms with E-state index in [0.29, 0.717) is 28.1 Å². The maximum atomic E-state index is 11.8. The average molecular weight is 428 g/mol.